The van der Waals surface area contributed by atoms with Crippen molar-refractivity contribution in [2.75, 3.05) is 0 Å². The van der Waals surface area contributed by atoms with Gasteiger partial charge in [0.1, 0.15) is 0 Å². The second-order valence-corrected chi connectivity index (χ2v) is 8.16. The normalized spacial score (nSPS) is 14.2. The summed E-state index contributed by atoms with van der Waals surface area (Å²) in [6.07, 6.45) is -12.1. The summed E-state index contributed by atoms with van der Waals surface area (Å²) < 4.78 is 97.0. The smallest absolute Gasteiger partial charge is 0.411 e. The standard InChI is InChI=1S/C25H26F6O4/c1-5-15(3)34-21(32)17-9-7-11-19(13-17)23(24(26,27)28,25(29,30)31)20-12-8-10-18(14-20)22(33)35-16(4)6-2/h7-16H,5-6H2,1-4H3. The van der Waals surface area contributed by atoms with Crippen LogP contribution in [0, 0.1) is 0 Å². The van der Waals surface area contributed by atoms with E-state index in [1.54, 1.807) is 27.7 Å². The summed E-state index contributed by atoms with van der Waals surface area (Å²) in [6.45, 7) is 6.49. The zero-order chi connectivity index (χ0) is 26.6. The van der Waals surface area contributed by atoms with Gasteiger partial charge in [0.25, 0.3) is 0 Å². The number of hydrogen-bond acceptors (Lipinski definition) is 4. The lowest BCUT2D eigenvalue weighted by Crippen LogP contribution is -2.55. The highest BCUT2D eigenvalue weighted by Crippen LogP contribution is 2.56. The molecule has 2 unspecified atom stereocenters. The molecule has 0 fully saturated rings. The topological polar surface area (TPSA) is 52.6 Å². The van der Waals surface area contributed by atoms with Gasteiger partial charge in [0.2, 0.25) is 5.41 Å². The van der Waals surface area contributed by atoms with Crippen molar-refractivity contribution in [3.05, 3.63) is 70.8 Å². The van der Waals surface area contributed by atoms with E-state index < -0.39 is 64.2 Å². The SMILES string of the molecule is CCC(C)OC(=O)c1cccc(C(c2cccc(C(=O)OC(C)CC)c2)(C(F)(F)F)C(F)(F)F)c1. The fraction of sp³-hybridized carbons (Fsp3) is 0.440. The molecule has 0 N–H and O–H groups in total. The van der Waals surface area contributed by atoms with Gasteiger partial charge in [0.15, 0.2) is 0 Å². The molecule has 0 bridgehead atoms. The third-order valence-corrected chi connectivity index (χ3v) is 5.68. The van der Waals surface area contributed by atoms with Crippen molar-refractivity contribution in [1.29, 1.82) is 0 Å². The van der Waals surface area contributed by atoms with Crippen molar-refractivity contribution >= 4 is 11.9 Å². The number of carbonyl (C=O) groups is 2. The number of hydrogen-bond donors (Lipinski definition) is 0. The molecule has 0 spiro atoms. The molecule has 0 amide bonds. The Labute approximate surface area is 199 Å². The molecule has 0 heterocycles. The molecule has 192 valence electrons. The Kier molecular flexibility index (Phi) is 8.62. The van der Waals surface area contributed by atoms with Crippen LogP contribution in [0.1, 0.15) is 72.4 Å². The van der Waals surface area contributed by atoms with Gasteiger partial charge in [0, 0.05) is 0 Å². The van der Waals surface area contributed by atoms with Crippen LogP contribution in [0.15, 0.2) is 48.5 Å². The summed E-state index contributed by atoms with van der Waals surface area (Å²) in [4.78, 5) is 24.7. The Morgan fingerprint density at radius 1 is 0.714 bits per heavy atom. The van der Waals surface area contributed by atoms with E-state index in [0.717, 1.165) is 24.3 Å². The second-order valence-electron chi connectivity index (χ2n) is 8.16. The van der Waals surface area contributed by atoms with Gasteiger partial charge in [-0.1, -0.05) is 38.1 Å². The first kappa shape index (κ1) is 28.2. The van der Waals surface area contributed by atoms with Crippen molar-refractivity contribution in [3.63, 3.8) is 0 Å². The van der Waals surface area contributed by atoms with Crippen LogP contribution in [0.3, 0.4) is 0 Å². The molecule has 2 atom stereocenters. The quantitative estimate of drug-likeness (QED) is 0.287. The van der Waals surface area contributed by atoms with Crippen molar-refractivity contribution in [2.24, 2.45) is 0 Å². The summed E-state index contributed by atoms with van der Waals surface area (Å²) >= 11 is 0. The van der Waals surface area contributed by atoms with E-state index in [1.807, 2.05) is 0 Å². The number of carbonyl (C=O) groups excluding carboxylic acids is 2. The molecule has 0 saturated heterocycles. The lowest BCUT2D eigenvalue weighted by atomic mass is 9.72. The Bertz CT molecular complexity index is 961. The van der Waals surface area contributed by atoms with Gasteiger partial charge in [-0.3, -0.25) is 0 Å². The number of rotatable bonds is 8. The molecule has 0 saturated carbocycles. The van der Waals surface area contributed by atoms with E-state index in [2.05, 4.69) is 0 Å². The predicted octanol–water partition coefficient (Wildman–Crippen LogP) is 7.01. The molecular weight excluding hydrogens is 478 g/mol. The van der Waals surface area contributed by atoms with Crippen LogP contribution >= 0.6 is 0 Å². The molecule has 0 aromatic heterocycles. The minimum absolute atomic E-state index is 0.403. The largest absolute Gasteiger partial charge is 0.459 e. The highest BCUT2D eigenvalue weighted by molar-refractivity contribution is 5.90. The second kappa shape index (κ2) is 10.7. The van der Waals surface area contributed by atoms with E-state index in [-0.39, 0.29) is 0 Å². The van der Waals surface area contributed by atoms with E-state index in [1.165, 1.54) is 0 Å². The first-order chi connectivity index (χ1) is 16.2. The highest BCUT2D eigenvalue weighted by Gasteiger charge is 2.72. The highest BCUT2D eigenvalue weighted by atomic mass is 19.4. The average Bonchev–Trinajstić information content (AvgIpc) is 2.77. The fourth-order valence-electron chi connectivity index (χ4n) is 3.41. The first-order valence-electron chi connectivity index (χ1n) is 10.9. The minimum atomic E-state index is -5.89. The molecule has 35 heavy (non-hydrogen) atoms. The Morgan fingerprint density at radius 2 is 1.06 bits per heavy atom. The number of ether oxygens (including phenoxy) is 2. The van der Waals surface area contributed by atoms with Crippen LogP contribution < -0.4 is 0 Å². The van der Waals surface area contributed by atoms with Crippen molar-refractivity contribution in [3.8, 4) is 0 Å². The first-order valence-corrected chi connectivity index (χ1v) is 10.9. The maximum atomic E-state index is 14.5. The van der Waals surface area contributed by atoms with Gasteiger partial charge in [-0.05, 0) is 62.1 Å². The molecule has 0 aliphatic carbocycles. The third kappa shape index (κ3) is 5.79. The molecule has 0 radical (unpaired) electrons. The van der Waals surface area contributed by atoms with Crippen LogP contribution in [0.4, 0.5) is 26.3 Å². The summed E-state index contributed by atoms with van der Waals surface area (Å²) in [7, 11) is 0. The van der Waals surface area contributed by atoms with Crippen LogP contribution in [0.2, 0.25) is 0 Å². The Balaban J connectivity index is 2.76. The zero-order valence-corrected chi connectivity index (χ0v) is 19.6. The molecule has 10 heteroatoms. The van der Waals surface area contributed by atoms with E-state index in [0.29, 0.717) is 37.1 Å². The van der Waals surface area contributed by atoms with Gasteiger partial charge in [-0.15, -0.1) is 0 Å². The lowest BCUT2D eigenvalue weighted by molar-refractivity contribution is -0.288. The lowest BCUT2D eigenvalue weighted by Gasteiger charge is -2.38. The molecule has 2 aromatic rings. The van der Waals surface area contributed by atoms with Crippen LogP contribution in [-0.4, -0.2) is 36.5 Å². The molecular formula is C25H26F6O4. The Morgan fingerprint density at radius 3 is 1.34 bits per heavy atom. The summed E-state index contributed by atoms with van der Waals surface area (Å²) in [5, 5.41) is 0. The minimum Gasteiger partial charge on any atom is -0.459 e. The third-order valence-electron chi connectivity index (χ3n) is 5.68. The zero-order valence-electron chi connectivity index (χ0n) is 19.6. The van der Waals surface area contributed by atoms with E-state index in [9.17, 15) is 35.9 Å². The molecule has 0 aliphatic rings. The summed E-state index contributed by atoms with van der Waals surface area (Å²) in [5.74, 6) is -2.10. The van der Waals surface area contributed by atoms with Gasteiger partial charge < -0.3 is 9.47 Å². The van der Waals surface area contributed by atoms with Crippen molar-refractivity contribution in [2.45, 2.75) is 70.5 Å². The van der Waals surface area contributed by atoms with Crippen molar-refractivity contribution < 1.29 is 45.4 Å². The number of alkyl halides is 6. The van der Waals surface area contributed by atoms with E-state index >= 15 is 0 Å². The van der Waals surface area contributed by atoms with Crippen molar-refractivity contribution in [1.82, 2.24) is 0 Å². The van der Waals surface area contributed by atoms with Crippen LogP contribution in [0.5, 0.6) is 0 Å². The molecule has 0 aliphatic heterocycles. The van der Waals surface area contributed by atoms with Gasteiger partial charge in [0.05, 0.1) is 23.3 Å². The monoisotopic (exact) mass is 504 g/mol. The van der Waals surface area contributed by atoms with Gasteiger partial charge in [-0.2, -0.15) is 26.3 Å². The summed E-state index contributed by atoms with van der Waals surface area (Å²) in [5.41, 5.74) is -7.92. The average molecular weight is 504 g/mol. The number of esters is 2. The Hall–Kier alpha value is -3.04. The number of halogens is 6. The molecule has 4 nitrogen and oxygen atoms in total. The number of benzene rings is 2. The van der Waals surface area contributed by atoms with Crippen LogP contribution in [-0.2, 0) is 14.9 Å². The maximum absolute atomic E-state index is 14.5. The summed E-state index contributed by atoms with van der Waals surface area (Å²) in [6, 6.07) is 6.34. The predicted molar refractivity (Wildman–Crippen MR) is 116 cm³/mol. The van der Waals surface area contributed by atoms with Crippen LogP contribution in [0.25, 0.3) is 0 Å². The van der Waals surface area contributed by atoms with Gasteiger partial charge >= 0.3 is 24.3 Å². The van der Waals surface area contributed by atoms with E-state index in [4.69, 9.17) is 9.47 Å². The fourth-order valence-corrected chi connectivity index (χ4v) is 3.41. The molecule has 2 rings (SSSR count). The maximum Gasteiger partial charge on any atom is 0.411 e. The van der Waals surface area contributed by atoms with Gasteiger partial charge in [-0.25, -0.2) is 9.59 Å². The molecule has 2 aromatic carbocycles.